The Kier molecular flexibility index (Phi) is 3.06. The molecule has 0 aliphatic rings. The Hall–Kier alpha value is -0.760. The normalized spacial score (nSPS) is 12.1. The molecule has 0 fully saturated rings. The minimum Gasteiger partial charge on any atom is -0.470 e. The zero-order chi connectivity index (χ0) is 5.70. The van der Waals surface area contributed by atoms with Crippen LogP contribution in [0.4, 0.5) is 0 Å². The van der Waals surface area contributed by atoms with Crippen LogP contribution < -0.4 is 0 Å². The van der Waals surface area contributed by atoms with Gasteiger partial charge in [0.25, 0.3) is 0 Å². The fraction of sp³-hybridized carbons (Fsp3) is 0.200. The first kappa shape index (κ1) is 6.24. The van der Waals surface area contributed by atoms with Crippen molar-refractivity contribution in [1.29, 1.82) is 0 Å². The molecule has 2 heteroatoms. The molecule has 0 bridgehead atoms. The minimum atomic E-state index is -0.905. The summed E-state index contributed by atoms with van der Waals surface area (Å²) in [6, 6.07) is 0. The van der Waals surface area contributed by atoms with Gasteiger partial charge in [0.1, 0.15) is 0 Å². The molecular formula is C5H8O2. The molecule has 1 N–H and O–H groups in total. The quantitative estimate of drug-likeness (QED) is 0.320. The summed E-state index contributed by atoms with van der Waals surface area (Å²) in [5.41, 5.74) is 0. The predicted octanol–water partition coefficient (Wildman–Crippen LogP) is 0.651. The third kappa shape index (κ3) is 3.06. The highest BCUT2D eigenvalue weighted by Crippen LogP contribution is 1.84. The Labute approximate surface area is 42.7 Å². The molecule has 0 spiro atoms. The van der Waals surface area contributed by atoms with E-state index in [1.54, 1.807) is 0 Å². The van der Waals surface area contributed by atoms with Crippen LogP contribution in [0.25, 0.3) is 0 Å². The van der Waals surface area contributed by atoms with E-state index in [-0.39, 0.29) is 0 Å². The first-order valence-electron chi connectivity index (χ1n) is 1.88. The molecule has 40 valence electrons. The van der Waals surface area contributed by atoms with E-state index in [0.717, 1.165) is 6.26 Å². The van der Waals surface area contributed by atoms with E-state index >= 15 is 0 Å². The van der Waals surface area contributed by atoms with Crippen molar-refractivity contribution in [2.75, 3.05) is 0 Å². The van der Waals surface area contributed by atoms with Gasteiger partial charge in [0.15, 0.2) is 0 Å². The number of hydrogen-bond acceptors (Lipinski definition) is 2. The van der Waals surface area contributed by atoms with Crippen LogP contribution >= 0.6 is 0 Å². The fourth-order valence-corrected chi connectivity index (χ4v) is 0.154. The highest BCUT2D eigenvalue weighted by atomic mass is 16.6. The lowest BCUT2D eigenvalue weighted by Crippen LogP contribution is -2.01. The van der Waals surface area contributed by atoms with Gasteiger partial charge in [-0.2, -0.15) is 0 Å². The van der Waals surface area contributed by atoms with Crippen molar-refractivity contribution in [2.24, 2.45) is 0 Å². The SMILES string of the molecule is C=COC(O)C=C. The van der Waals surface area contributed by atoms with Crippen molar-refractivity contribution in [3.05, 3.63) is 25.5 Å². The lowest BCUT2D eigenvalue weighted by Gasteiger charge is -2.00. The van der Waals surface area contributed by atoms with E-state index in [9.17, 15) is 0 Å². The fourth-order valence-electron chi connectivity index (χ4n) is 0.154. The van der Waals surface area contributed by atoms with Gasteiger partial charge in [0, 0.05) is 0 Å². The number of aliphatic hydroxyl groups excluding tert-OH is 1. The van der Waals surface area contributed by atoms with E-state index in [1.165, 1.54) is 6.08 Å². The van der Waals surface area contributed by atoms with Gasteiger partial charge < -0.3 is 9.84 Å². The van der Waals surface area contributed by atoms with Crippen molar-refractivity contribution in [2.45, 2.75) is 6.29 Å². The van der Waals surface area contributed by atoms with Crippen LogP contribution in [0.3, 0.4) is 0 Å². The van der Waals surface area contributed by atoms with E-state index in [1.807, 2.05) is 0 Å². The van der Waals surface area contributed by atoms with Crippen molar-refractivity contribution in [3.8, 4) is 0 Å². The molecule has 0 heterocycles. The maximum atomic E-state index is 8.45. The Morgan fingerprint density at radius 1 is 1.57 bits per heavy atom. The number of rotatable bonds is 3. The zero-order valence-electron chi connectivity index (χ0n) is 4.00. The maximum absolute atomic E-state index is 8.45. The molecule has 2 nitrogen and oxygen atoms in total. The molecule has 0 aromatic rings. The van der Waals surface area contributed by atoms with Crippen molar-refractivity contribution in [1.82, 2.24) is 0 Å². The predicted molar refractivity (Wildman–Crippen MR) is 27.5 cm³/mol. The number of ether oxygens (including phenoxy) is 1. The first-order valence-corrected chi connectivity index (χ1v) is 1.88. The van der Waals surface area contributed by atoms with Crippen molar-refractivity contribution in [3.63, 3.8) is 0 Å². The smallest absolute Gasteiger partial charge is 0.216 e. The summed E-state index contributed by atoms with van der Waals surface area (Å²) in [4.78, 5) is 0. The van der Waals surface area contributed by atoms with Gasteiger partial charge in [-0.3, -0.25) is 0 Å². The second-order valence-electron chi connectivity index (χ2n) is 0.929. The first-order chi connectivity index (χ1) is 3.31. The maximum Gasteiger partial charge on any atom is 0.216 e. The van der Waals surface area contributed by atoms with Gasteiger partial charge in [-0.25, -0.2) is 0 Å². The molecule has 7 heavy (non-hydrogen) atoms. The van der Waals surface area contributed by atoms with Crippen LogP contribution in [0, 0.1) is 0 Å². The topological polar surface area (TPSA) is 29.5 Å². The van der Waals surface area contributed by atoms with E-state index in [0.29, 0.717) is 0 Å². The van der Waals surface area contributed by atoms with E-state index in [2.05, 4.69) is 17.9 Å². The van der Waals surface area contributed by atoms with Gasteiger partial charge in [0.05, 0.1) is 6.26 Å². The standard InChI is InChI=1S/C5H8O2/c1-3-5(6)7-4-2/h3-6H,1-2H2. The average Bonchev–Trinajstić information content (AvgIpc) is 1.68. The van der Waals surface area contributed by atoms with Crippen molar-refractivity contribution >= 4 is 0 Å². The van der Waals surface area contributed by atoms with Gasteiger partial charge in [-0.15, -0.1) is 0 Å². The highest BCUT2D eigenvalue weighted by Gasteiger charge is 1.87. The van der Waals surface area contributed by atoms with Crippen LogP contribution in [-0.2, 0) is 4.74 Å². The van der Waals surface area contributed by atoms with Crippen molar-refractivity contribution < 1.29 is 9.84 Å². The van der Waals surface area contributed by atoms with Gasteiger partial charge in [0.2, 0.25) is 6.29 Å². The molecule has 0 aromatic carbocycles. The number of aliphatic hydroxyl groups is 1. The second kappa shape index (κ2) is 3.43. The van der Waals surface area contributed by atoms with Gasteiger partial charge in [-0.1, -0.05) is 13.2 Å². The molecule has 0 aliphatic carbocycles. The highest BCUT2D eigenvalue weighted by molar-refractivity contribution is 4.71. The molecule has 0 saturated carbocycles. The third-order valence-corrected chi connectivity index (χ3v) is 0.437. The van der Waals surface area contributed by atoms with Crippen LogP contribution in [-0.4, -0.2) is 11.4 Å². The summed E-state index contributed by atoms with van der Waals surface area (Å²) >= 11 is 0. The summed E-state index contributed by atoms with van der Waals surface area (Å²) in [6.45, 7) is 6.48. The third-order valence-electron chi connectivity index (χ3n) is 0.437. The van der Waals surface area contributed by atoms with Gasteiger partial charge in [-0.05, 0) is 6.08 Å². The van der Waals surface area contributed by atoms with Crippen LogP contribution in [0.2, 0.25) is 0 Å². The largest absolute Gasteiger partial charge is 0.470 e. The Balaban J connectivity index is 3.15. The summed E-state index contributed by atoms with van der Waals surface area (Å²) in [5, 5.41) is 8.45. The summed E-state index contributed by atoms with van der Waals surface area (Å²) in [7, 11) is 0. The monoisotopic (exact) mass is 100 g/mol. The molecule has 0 radical (unpaired) electrons. The zero-order valence-corrected chi connectivity index (χ0v) is 4.00. The summed E-state index contributed by atoms with van der Waals surface area (Å²) in [5.74, 6) is 0. The minimum absolute atomic E-state index is 0.905. The average molecular weight is 100 g/mol. The lowest BCUT2D eigenvalue weighted by atomic mass is 10.6. The summed E-state index contributed by atoms with van der Waals surface area (Å²) < 4.78 is 4.39. The molecule has 0 aromatic heterocycles. The van der Waals surface area contributed by atoms with Crippen LogP contribution in [0.5, 0.6) is 0 Å². The second-order valence-corrected chi connectivity index (χ2v) is 0.929. The Morgan fingerprint density at radius 3 is 2.29 bits per heavy atom. The van der Waals surface area contributed by atoms with E-state index < -0.39 is 6.29 Å². The number of hydrogen-bond donors (Lipinski definition) is 1. The molecule has 1 unspecified atom stereocenters. The Morgan fingerprint density at radius 2 is 2.14 bits per heavy atom. The molecular weight excluding hydrogens is 92.1 g/mol. The lowest BCUT2D eigenvalue weighted by molar-refractivity contribution is -0.0103. The molecule has 0 amide bonds. The summed E-state index contributed by atoms with van der Waals surface area (Å²) in [6.07, 6.45) is 1.52. The molecule has 0 saturated heterocycles. The van der Waals surface area contributed by atoms with Gasteiger partial charge >= 0.3 is 0 Å². The molecule has 0 rings (SSSR count). The molecule has 0 aliphatic heterocycles. The molecule has 1 atom stereocenters. The van der Waals surface area contributed by atoms with Crippen LogP contribution in [0.1, 0.15) is 0 Å². The van der Waals surface area contributed by atoms with E-state index in [4.69, 9.17) is 5.11 Å². The Bertz CT molecular complexity index is 68.5. The van der Waals surface area contributed by atoms with Crippen LogP contribution in [0.15, 0.2) is 25.5 Å².